The summed E-state index contributed by atoms with van der Waals surface area (Å²) in [7, 11) is 0. The minimum atomic E-state index is -0.310. The topological polar surface area (TPSA) is 64.3 Å². The van der Waals surface area contributed by atoms with E-state index in [9.17, 15) is 14.4 Å². The molecular formula is C17H12O4. The van der Waals surface area contributed by atoms with Crippen LogP contribution in [0.5, 0.6) is 0 Å². The Morgan fingerprint density at radius 1 is 1.00 bits per heavy atom. The average Bonchev–Trinajstić information content (AvgIpc) is 3.03. The van der Waals surface area contributed by atoms with Gasteiger partial charge in [0, 0.05) is 28.7 Å². The SMILES string of the molecule is CC1=C(CC(=O)c2ccco2)C(=O)c2ccccc2C1=O. The minimum Gasteiger partial charge on any atom is -0.461 e. The molecule has 1 aromatic carbocycles. The summed E-state index contributed by atoms with van der Waals surface area (Å²) in [6.45, 7) is 1.58. The maximum absolute atomic E-state index is 12.5. The number of hydrogen-bond acceptors (Lipinski definition) is 4. The van der Waals surface area contributed by atoms with Crippen molar-refractivity contribution >= 4 is 17.3 Å². The molecule has 0 saturated carbocycles. The van der Waals surface area contributed by atoms with Crippen LogP contribution < -0.4 is 0 Å². The molecule has 0 bridgehead atoms. The Bertz CT molecular complexity index is 779. The summed E-state index contributed by atoms with van der Waals surface area (Å²) < 4.78 is 5.04. The van der Waals surface area contributed by atoms with E-state index in [1.807, 2.05) is 0 Å². The van der Waals surface area contributed by atoms with Gasteiger partial charge in [-0.3, -0.25) is 14.4 Å². The van der Waals surface area contributed by atoms with Gasteiger partial charge in [0.1, 0.15) is 0 Å². The molecule has 0 atom stereocenters. The molecule has 0 aliphatic heterocycles. The molecule has 1 heterocycles. The van der Waals surface area contributed by atoms with Crippen LogP contribution in [0.2, 0.25) is 0 Å². The summed E-state index contributed by atoms with van der Waals surface area (Å²) in [6, 6.07) is 9.81. The molecule has 104 valence electrons. The number of furan rings is 1. The molecule has 0 unspecified atom stereocenters. The van der Waals surface area contributed by atoms with E-state index in [4.69, 9.17) is 4.42 Å². The van der Waals surface area contributed by atoms with Crippen LogP contribution in [-0.2, 0) is 0 Å². The smallest absolute Gasteiger partial charge is 0.202 e. The molecule has 3 rings (SSSR count). The van der Waals surface area contributed by atoms with Gasteiger partial charge in [-0.25, -0.2) is 0 Å². The van der Waals surface area contributed by atoms with Crippen LogP contribution in [0.1, 0.15) is 44.6 Å². The Labute approximate surface area is 121 Å². The van der Waals surface area contributed by atoms with E-state index in [0.29, 0.717) is 16.7 Å². The van der Waals surface area contributed by atoms with Crippen LogP contribution in [0.4, 0.5) is 0 Å². The number of allylic oxidation sites excluding steroid dienone is 2. The molecule has 0 spiro atoms. The van der Waals surface area contributed by atoms with E-state index in [2.05, 4.69) is 0 Å². The lowest BCUT2D eigenvalue weighted by molar-refractivity contribution is 0.0929. The lowest BCUT2D eigenvalue weighted by Gasteiger charge is -2.18. The quantitative estimate of drug-likeness (QED) is 0.809. The van der Waals surface area contributed by atoms with Crippen LogP contribution in [0.3, 0.4) is 0 Å². The number of Topliss-reactive ketones (excluding diaryl/α,β-unsaturated/α-hetero) is 3. The van der Waals surface area contributed by atoms with Gasteiger partial charge in [0.05, 0.1) is 6.26 Å². The van der Waals surface area contributed by atoms with Crippen molar-refractivity contribution in [3.63, 3.8) is 0 Å². The largest absolute Gasteiger partial charge is 0.461 e. The Kier molecular flexibility index (Phi) is 3.14. The average molecular weight is 280 g/mol. The summed E-state index contributed by atoms with van der Waals surface area (Å²) in [4.78, 5) is 36.9. The summed E-state index contributed by atoms with van der Waals surface area (Å²) in [5.41, 5.74) is 1.34. The van der Waals surface area contributed by atoms with E-state index in [0.717, 1.165) is 0 Å². The maximum atomic E-state index is 12.5. The molecule has 0 radical (unpaired) electrons. The first-order chi connectivity index (χ1) is 10.1. The van der Waals surface area contributed by atoms with Gasteiger partial charge < -0.3 is 4.42 Å². The maximum Gasteiger partial charge on any atom is 0.202 e. The van der Waals surface area contributed by atoms with Gasteiger partial charge in [0.15, 0.2) is 17.3 Å². The Morgan fingerprint density at radius 2 is 1.67 bits per heavy atom. The fourth-order valence-electron chi connectivity index (χ4n) is 2.45. The van der Waals surface area contributed by atoms with E-state index >= 15 is 0 Å². The fraction of sp³-hybridized carbons (Fsp3) is 0.118. The molecule has 1 aliphatic rings. The second-order valence-electron chi connectivity index (χ2n) is 4.88. The van der Waals surface area contributed by atoms with Crippen molar-refractivity contribution < 1.29 is 18.8 Å². The molecule has 0 fully saturated rings. The zero-order chi connectivity index (χ0) is 15.0. The Morgan fingerprint density at radius 3 is 2.29 bits per heavy atom. The number of rotatable bonds is 3. The van der Waals surface area contributed by atoms with Crippen molar-refractivity contribution in [3.05, 3.63) is 70.7 Å². The molecule has 1 aromatic heterocycles. The van der Waals surface area contributed by atoms with E-state index in [-0.39, 0.29) is 35.1 Å². The first-order valence-electron chi connectivity index (χ1n) is 6.54. The predicted molar refractivity (Wildman–Crippen MR) is 75.5 cm³/mol. The number of fused-ring (bicyclic) bond motifs is 1. The van der Waals surface area contributed by atoms with Crippen molar-refractivity contribution in [3.8, 4) is 0 Å². The third-order valence-corrected chi connectivity index (χ3v) is 3.62. The third kappa shape index (κ3) is 2.14. The highest BCUT2D eigenvalue weighted by Crippen LogP contribution is 2.28. The summed E-state index contributed by atoms with van der Waals surface area (Å²) in [6.07, 6.45) is 1.27. The first kappa shape index (κ1) is 13.2. The molecule has 4 heteroatoms. The highest BCUT2D eigenvalue weighted by molar-refractivity contribution is 6.28. The van der Waals surface area contributed by atoms with Crippen molar-refractivity contribution in [2.45, 2.75) is 13.3 Å². The van der Waals surface area contributed by atoms with Crippen molar-refractivity contribution in [1.29, 1.82) is 0 Å². The van der Waals surface area contributed by atoms with Gasteiger partial charge in [-0.1, -0.05) is 24.3 Å². The molecule has 4 nitrogen and oxygen atoms in total. The van der Waals surface area contributed by atoms with Gasteiger partial charge in [0.25, 0.3) is 0 Å². The molecule has 0 saturated heterocycles. The Balaban J connectivity index is 1.99. The molecule has 0 N–H and O–H groups in total. The second-order valence-corrected chi connectivity index (χ2v) is 4.88. The van der Waals surface area contributed by atoms with Crippen molar-refractivity contribution in [2.24, 2.45) is 0 Å². The van der Waals surface area contributed by atoms with Crippen LogP contribution >= 0.6 is 0 Å². The van der Waals surface area contributed by atoms with Crippen LogP contribution in [0.15, 0.2) is 58.2 Å². The first-order valence-corrected chi connectivity index (χ1v) is 6.54. The zero-order valence-electron chi connectivity index (χ0n) is 11.4. The van der Waals surface area contributed by atoms with Gasteiger partial charge in [0.2, 0.25) is 5.78 Å². The van der Waals surface area contributed by atoms with Crippen LogP contribution in [0, 0.1) is 0 Å². The molecule has 1 aliphatic carbocycles. The fourth-order valence-corrected chi connectivity index (χ4v) is 2.45. The third-order valence-electron chi connectivity index (χ3n) is 3.62. The van der Waals surface area contributed by atoms with Gasteiger partial charge in [-0.15, -0.1) is 0 Å². The second kappa shape index (κ2) is 4.98. The normalized spacial score (nSPS) is 14.3. The minimum absolute atomic E-state index is 0.127. The van der Waals surface area contributed by atoms with Crippen molar-refractivity contribution in [2.75, 3.05) is 0 Å². The van der Waals surface area contributed by atoms with Gasteiger partial charge >= 0.3 is 0 Å². The molecule has 0 amide bonds. The van der Waals surface area contributed by atoms with Gasteiger partial charge in [-0.2, -0.15) is 0 Å². The number of benzene rings is 1. The van der Waals surface area contributed by atoms with E-state index < -0.39 is 0 Å². The monoisotopic (exact) mass is 280 g/mol. The predicted octanol–water partition coefficient (Wildman–Crippen LogP) is 3.25. The number of ketones is 3. The lowest BCUT2D eigenvalue weighted by atomic mass is 9.82. The standard InChI is InChI=1S/C17H12O4/c1-10-13(9-14(18)15-7-4-8-21-15)17(20)12-6-3-2-5-11(12)16(10)19/h2-8H,9H2,1H3. The van der Waals surface area contributed by atoms with Crippen LogP contribution in [-0.4, -0.2) is 17.3 Å². The van der Waals surface area contributed by atoms with E-state index in [1.165, 1.54) is 6.26 Å². The van der Waals surface area contributed by atoms with Crippen LogP contribution in [0.25, 0.3) is 0 Å². The van der Waals surface area contributed by atoms with Gasteiger partial charge in [-0.05, 0) is 19.1 Å². The number of carbonyl (C=O) groups excluding carboxylic acids is 3. The Hall–Kier alpha value is -2.75. The van der Waals surface area contributed by atoms with E-state index in [1.54, 1.807) is 43.3 Å². The highest BCUT2D eigenvalue weighted by atomic mass is 16.3. The molecular weight excluding hydrogens is 268 g/mol. The molecule has 21 heavy (non-hydrogen) atoms. The number of hydrogen-bond donors (Lipinski definition) is 0. The zero-order valence-corrected chi connectivity index (χ0v) is 11.4. The highest BCUT2D eigenvalue weighted by Gasteiger charge is 2.31. The summed E-state index contributed by atoms with van der Waals surface area (Å²) in [5.74, 6) is -0.584. The number of carbonyl (C=O) groups is 3. The lowest BCUT2D eigenvalue weighted by Crippen LogP contribution is -2.22. The summed E-state index contributed by atoms with van der Waals surface area (Å²) in [5, 5.41) is 0. The molecule has 2 aromatic rings. The van der Waals surface area contributed by atoms with Crippen molar-refractivity contribution in [1.82, 2.24) is 0 Å². The summed E-state index contributed by atoms with van der Waals surface area (Å²) >= 11 is 0.